The summed E-state index contributed by atoms with van der Waals surface area (Å²) >= 11 is 3.64. The summed E-state index contributed by atoms with van der Waals surface area (Å²) in [5.41, 5.74) is 1.34. The monoisotopic (exact) mass is 327 g/mol. The van der Waals surface area contributed by atoms with Gasteiger partial charge in [-0.3, -0.25) is 0 Å². The lowest BCUT2D eigenvalue weighted by Gasteiger charge is -2.20. The molecule has 0 radical (unpaired) electrons. The molecule has 1 rings (SSSR count). The Labute approximate surface area is 126 Å². The lowest BCUT2D eigenvalue weighted by molar-refractivity contribution is 0.407. The van der Waals surface area contributed by atoms with Crippen molar-refractivity contribution in [2.45, 2.75) is 46.1 Å². The number of nitrogens with one attached hydrogen (secondary N) is 1. The van der Waals surface area contributed by atoms with Crippen LogP contribution in [0, 0.1) is 5.92 Å². The molecule has 0 spiro atoms. The smallest absolute Gasteiger partial charge is 0.119 e. The van der Waals surface area contributed by atoms with Crippen molar-refractivity contribution in [1.82, 2.24) is 5.32 Å². The van der Waals surface area contributed by atoms with E-state index in [4.69, 9.17) is 4.74 Å². The third-order valence-electron chi connectivity index (χ3n) is 3.27. The van der Waals surface area contributed by atoms with Crippen molar-refractivity contribution in [1.29, 1.82) is 0 Å². The third kappa shape index (κ3) is 5.96. The van der Waals surface area contributed by atoms with Crippen LogP contribution >= 0.6 is 15.9 Å². The number of halogens is 1. The van der Waals surface area contributed by atoms with E-state index in [-0.39, 0.29) is 0 Å². The average molecular weight is 328 g/mol. The van der Waals surface area contributed by atoms with Crippen molar-refractivity contribution < 1.29 is 4.74 Å². The fourth-order valence-electron chi connectivity index (χ4n) is 2.23. The van der Waals surface area contributed by atoms with E-state index in [0.717, 1.165) is 18.7 Å². The molecule has 1 N–H and O–H groups in total. The molecular formula is C16H26BrNO. The lowest BCUT2D eigenvalue weighted by atomic mass is 9.94. The van der Waals surface area contributed by atoms with Crippen molar-refractivity contribution in [3.05, 3.63) is 28.2 Å². The molecule has 19 heavy (non-hydrogen) atoms. The van der Waals surface area contributed by atoms with Gasteiger partial charge in [-0.1, -0.05) is 43.1 Å². The zero-order valence-corrected chi connectivity index (χ0v) is 14.1. The van der Waals surface area contributed by atoms with E-state index in [0.29, 0.717) is 12.0 Å². The second-order valence-electron chi connectivity index (χ2n) is 5.38. The number of benzene rings is 1. The van der Waals surface area contributed by atoms with Crippen LogP contribution in [0.1, 0.15) is 39.2 Å². The minimum atomic E-state index is 0.549. The van der Waals surface area contributed by atoms with E-state index in [1.165, 1.54) is 22.9 Å². The molecule has 0 aliphatic heterocycles. The van der Waals surface area contributed by atoms with Gasteiger partial charge in [0.15, 0.2) is 0 Å². The van der Waals surface area contributed by atoms with Crippen molar-refractivity contribution in [3.8, 4) is 5.75 Å². The summed E-state index contributed by atoms with van der Waals surface area (Å²) in [5, 5.41) is 3.55. The first kappa shape index (κ1) is 16.5. The number of hydrogen-bond acceptors (Lipinski definition) is 2. The molecule has 1 unspecified atom stereocenters. The summed E-state index contributed by atoms with van der Waals surface area (Å²) in [6.07, 6.45) is 3.57. The van der Waals surface area contributed by atoms with Gasteiger partial charge in [0.1, 0.15) is 5.75 Å². The van der Waals surface area contributed by atoms with E-state index in [1.807, 2.05) is 6.07 Å². The molecule has 0 saturated heterocycles. The lowest BCUT2D eigenvalue weighted by Crippen LogP contribution is -2.30. The van der Waals surface area contributed by atoms with E-state index >= 15 is 0 Å². The topological polar surface area (TPSA) is 21.3 Å². The van der Waals surface area contributed by atoms with E-state index < -0.39 is 0 Å². The predicted molar refractivity (Wildman–Crippen MR) is 85.9 cm³/mol. The van der Waals surface area contributed by atoms with Gasteiger partial charge in [-0.15, -0.1) is 0 Å². The Kier molecular flexibility index (Phi) is 7.47. The van der Waals surface area contributed by atoms with Gasteiger partial charge in [0.2, 0.25) is 0 Å². The Balaban J connectivity index is 2.71. The Hall–Kier alpha value is -0.540. The van der Waals surface area contributed by atoms with E-state index in [2.05, 4.69) is 54.2 Å². The zero-order valence-electron chi connectivity index (χ0n) is 12.5. The van der Waals surface area contributed by atoms with Gasteiger partial charge in [-0.05, 0) is 49.1 Å². The van der Waals surface area contributed by atoms with Gasteiger partial charge in [0.25, 0.3) is 0 Å². The standard InChI is InChI=1S/C16H26BrNO/c1-5-6-13(11-18-12(2)3)9-14-10-15(19-4)7-8-16(14)17/h7-8,10,12-13,18H,5-6,9,11H2,1-4H3. The van der Waals surface area contributed by atoms with Gasteiger partial charge in [-0.25, -0.2) is 0 Å². The summed E-state index contributed by atoms with van der Waals surface area (Å²) < 4.78 is 6.49. The molecule has 0 heterocycles. The van der Waals surface area contributed by atoms with Gasteiger partial charge < -0.3 is 10.1 Å². The summed E-state index contributed by atoms with van der Waals surface area (Å²) in [4.78, 5) is 0. The maximum absolute atomic E-state index is 5.31. The zero-order chi connectivity index (χ0) is 14.3. The quantitative estimate of drug-likeness (QED) is 0.763. The number of methoxy groups -OCH3 is 1. The molecule has 0 saturated carbocycles. The van der Waals surface area contributed by atoms with Crippen molar-refractivity contribution >= 4 is 15.9 Å². The molecule has 0 aromatic heterocycles. The minimum absolute atomic E-state index is 0.549. The summed E-state index contributed by atoms with van der Waals surface area (Å²) in [6, 6.07) is 6.76. The fraction of sp³-hybridized carbons (Fsp3) is 0.625. The molecule has 3 heteroatoms. The molecule has 0 aliphatic rings. The number of hydrogen-bond donors (Lipinski definition) is 1. The summed E-state index contributed by atoms with van der Waals surface area (Å²) in [7, 11) is 1.72. The fourth-order valence-corrected chi connectivity index (χ4v) is 2.64. The average Bonchev–Trinajstić information content (AvgIpc) is 2.38. The summed E-state index contributed by atoms with van der Waals surface area (Å²) in [5.74, 6) is 1.61. The third-order valence-corrected chi connectivity index (χ3v) is 4.05. The SMILES string of the molecule is CCCC(CNC(C)C)Cc1cc(OC)ccc1Br. The first-order chi connectivity index (χ1) is 9.06. The van der Waals surface area contributed by atoms with E-state index in [1.54, 1.807) is 7.11 Å². The highest BCUT2D eigenvalue weighted by Gasteiger charge is 2.12. The first-order valence-electron chi connectivity index (χ1n) is 7.12. The Morgan fingerprint density at radius 2 is 2.05 bits per heavy atom. The molecule has 0 fully saturated rings. The van der Waals surface area contributed by atoms with E-state index in [9.17, 15) is 0 Å². The molecule has 1 aromatic carbocycles. The molecule has 2 nitrogen and oxygen atoms in total. The highest BCUT2D eigenvalue weighted by Crippen LogP contribution is 2.26. The highest BCUT2D eigenvalue weighted by molar-refractivity contribution is 9.10. The predicted octanol–water partition coefficient (Wildman–Crippen LogP) is 4.41. The molecule has 1 atom stereocenters. The normalized spacial score (nSPS) is 12.7. The van der Waals surface area contributed by atoms with Crippen LogP contribution in [0.2, 0.25) is 0 Å². The maximum Gasteiger partial charge on any atom is 0.119 e. The Morgan fingerprint density at radius 1 is 1.32 bits per heavy atom. The summed E-state index contributed by atoms with van der Waals surface area (Å²) in [6.45, 7) is 7.73. The number of ether oxygens (including phenoxy) is 1. The molecule has 0 bridgehead atoms. The minimum Gasteiger partial charge on any atom is -0.497 e. The van der Waals surface area contributed by atoms with Crippen LogP contribution in [-0.2, 0) is 6.42 Å². The van der Waals surface area contributed by atoms with Crippen molar-refractivity contribution in [2.24, 2.45) is 5.92 Å². The number of rotatable bonds is 8. The molecule has 108 valence electrons. The molecule has 0 amide bonds. The second kappa shape index (κ2) is 8.60. The van der Waals surface area contributed by atoms with Gasteiger partial charge in [-0.2, -0.15) is 0 Å². The second-order valence-corrected chi connectivity index (χ2v) is 6.23. The van der Waals surface area contributed by atoms with Crippen molar-refractivity contribution in [3.63, 3.8) is 0 Å². The van der Waals surface area contributed by atoms with Crippen LogP contribution in [0.4, 0.5) is 0 Å². The Morgan fingerprint density at radius 3 is 2.63 bits per heavy atom. The maximum atomic E-state index is 5.31. The molecule has 0 aliphatic carbocycles. The van der Waals surface area contributed by atoms with Crippen LogP contribution in [0.25, 0.3) is 0 Å². The van der Waals surface area contributed by atoms with Crippen LogP contribution < -0.4 is 10.1 Å². The van der Waals surface area contributed by atoms with Crippen LogP contribution in [0.5, 0.6) is 5.75 Å². The Bertz CT molecular complexity index is 379. The molecule has 1 aromatic rings. The van der Waals surface area contributed by atoms with Gasteiger partial charge >= 0.3 is 0 Å². The van der Waals surface area contributed by atoms with Crippen LogP contribution in [0.15, 0.2) is 22.7 Å². The van der Waals surface area contributed by atoms with Crippen LogP contribution in [-0.4, -0.2) is 19.7 Å². The highest BCUT2D eigenvalue weighted by atomic mass is 79.9. The van der Waals surface area contributed by atoms with Gasteiger partial charge in [0.05, 0.1) is 7.11 Å². The van der Waals surface area contributed by atoms with Crippen molar-refractivity contribution in [2.75, 3.05) is 13.7 Å². The van der Waals surface area contributed by atoms with Gasteiger partial charge in [0, 0.05) is 10.5 Å². The largest absolute Gasteiger partial charge is 0.497 e. The van der Waals surface area contributed by atoms with Crippen LogP contribution in [0.3, 0.4) is 0 Å². The first-order valence-corrected chi connectivity index (χ1v) is 7.91. The molecular weight excluding hydrogens is 302 g/mol.